The van der Waals surface area contributed by atoms with Crippen molar-refractivity contribution in [3.05, 3.63) is 30.3 Å². The van der Waals surface area contributed by atoms with Gasteiger partial charge in [0.05, 0.1) is 4.90 Å². The molecule has 2 rings (SSSR count). The van der Waals surface area contributed by atoms with Crippen LogP contribution in [0.3, 0.4) is 0 Å². The number of thioether (sulfide) groups is 1. The number of carbonyl (C=O) groups excluding carboxylic acids is 1. The van der Waals surface area contributed by atoms with Crippen molar-refractivity contribution in [3.8, 4) is 0 Å². The van der Waals surface area contributed by atoms with E-state index in [0.717, 1.165) is 12.8 Å². The molecule has 4 N–H and O–H groups in total. The third-order valence-corrected chi connectivity index (χ3v) is 6.18. The molecule has 2 atom stereocenters. The van der Waals surface area contributed by atoms with Gasteiger partial charge in [0.2, 0.25) is 15.9 Å². The first-order valence-electron chi connectivity index (χ1n) is 8.04. The largest absolute Gasteiger partial charge is 0.350 e. The average Bonchev–Trinajstić information content (AvgIpc) is 3.42. The first-order valence-corrected chi connectivity index (χ1v) is 10.9. The van der Waals surface area contributed by atoms with Crippen molar-refractivity contribution in [1.82, 2.24) is 10.0 Å². The Hall–Kier alpha value is -1.09. The Morgan fingerprint density at radius 2 is 2.00 bits per heavy atom. The average molecular weight is 372 g/mol. The summed E-state index contributed by atoms with van der Waals surface area (Å²) < 4.78 is 27.5. The van der Waals surface area contributed by atoms with E-state index in [0.29, 0.717) is 24.6 Å². The zero-order valence-electron chi connectivity index (χ0n) is 13.8. The lowest BCUT2D eigenvalue weighted by molar-refractivity contribution is -0.123. The second kappa shape index (κ2) is 8.84. The molecule has 1 aromatic rings. The van der Waals surface area contributed by atoms with Crippen molar-refractivity contribution in [2.24, 2.45) is 11.7 Å². The summed E-state index contributed by atoms with van der Waals surface area (Å²) in [6.45, 7) is 0.372. The fraction of sp³-hybridized carbons (Fsp3) is 0.562. The minimum absolute atomic E-state index is 0.0736. The van der Waals surface area contributed by atoms with Gasteiger partial charge in [-0.25, -0.2) is 8.42 Å². The van der Waals surface area contributed by atoms with Gasteiger partial charge in [0, 0.05) is 12.6 Å². The molecule has 1 amide bonds. The van der Waals surface area contributed by atoms with Gasteiger partial charge >= 0.3 is 0 Å². The summed E-state index contributed by atoms with van der Waals surface area (Å²) in [5.74, 6) is 0.809. The van der Waals surface area contributed by atoms with Crippen molar-refractivity contribution in [3.63, 3.8) is 0 Å². The monoisotopic (exact) mass is 371 g/mol. The molecule has 134 valence electrons. The number of hydrogen-bond acceptors (Lipinski definition) is 5. The molecule has 1 saturated carbocycles. The highest BCUT2D eigenvalue weighted by Crippen LogP contribution is 2.32. The van der Waals surface area contributed by atoms with E-state index in [1.165, 1.54) is 12.1 Å². The lowest BCUT2D eigenvalue weighted by Gasteiger charge is -2.22. The van der Waals surface area contributed by atoms with Gasteiger partial charge in [-0.2, -0.15) is 16.5 Å². The van der Waals surface area contributed by atoms with Crippen LogP contribution in [-0.2, 0) is 14.8 Å². The van der Waals surface area contributed by atoms with E-state index in [9.17, 15) is 13.2 Å². The van der Waals surface area contributed by atoms with E-state index >= 15 is 0 Å². The summed E-state index contributed by atoms with van der Waals surface area (Å²) in [5, 5.41) is 2.91. The topological polar surface area (TPSA) is 101 Å². The van der Waals surface area contributed by atoms with Crippen LogP contribution in [0.25, 0.3) is 0 Å². The third kappa shape index (κ3) is 5.47. The molecule has 0 saturated heterocycles. The number of carbonyl (C=O) groups is 1. The van der Waals surface area contributed by atoms with Crippen LogP contribution in [0.2, 0.25) is 0 Å². The third-order valence-electron chi connectivity index (χ3n) is 4.05. The smallest absolute Gasteiger partial charge is 0.241 e. The molecule has 1 aliphatic rings. The molecule has 0 aliphatic heterocycles. The summed E-state index contributed by atoms with van der Waals surface area (Å²) in [4.78, 5) is 12.7. The molecule has 0 bridgehead atoms. The number of sulfonamides is 1. The van der Waals surface area contributed by atoms with Gasteiger partial charge in [-0.3, -0.25) is 4.79 Å². The zero-order chi connectivity index (χ0) is 17.6. The lowest BCUT2D eigenvalue weighted by Crippen LogP contribution is -2.52. The quantitative estimate of drug-likeness (QED) is 0.568. The number of nitrogens with one attached hydrogen (secondary N) is 2. The second-order valence-electron chi connectivity index (χ2n) is 5.96. The summed E-state index contributed by atoms with van der Waals surface area (Å²) in [6, 6.07) is 7.22. The molecule has 1 fully saturated rings. The van der Waals surface area contributed by atoms with E-state index in [2.05, 4.69) is 10.0 Å². The number of hydrogen-bond donors (Lipinski definition) is 3. The van der Waals surface area contributed by atoms with Gasteiger partial charge in [0.15, 0.2) is 0 Å². The SMILES string of the molecule is CSCCC(NS(=O)(=O)c1ccccc1)C(=O)NC(CN)C1CC1. The summed E-state index contributed by atoms with van der Waals surface area (Å²) in [6.07, 6.45) is 4.48. The van der Waals surface area contributed by atoms with Crippen LogP contribution in [0.5, 0.6) is 0 Å². The first kappa shape index (κ1) is 19.2. The van der Waals surface area contributed by atoms with Crippen molar-refractivity contribution < 1.29 is 13.2 Å². The molecule has 24 heavy (non-hydrogen) atoms. The molecule has 0 radical (unpaired) electrons. The number of nitrogens with two attached hydrogens (primary N) is 1. The van der Waals surface area contributed by atoms with Crippen LogP contribution >= 0.6 is 11.8 Å². The van der Waals surface area contributed by atoms with Gasteiger partial charge < -0.3 is 11.1 Å². The van der Waals surface area contributed by atoms with Gasteiger partial charge in [-0.15, -0.1) is 0 Å². The van der Waals surface area contributed by atoms with Crippen molar-refractivity contribution in [1.29, 1.82) is 0 Å². The van der Waals surface area contributed by atoms with Crippen molar-refractivity contribution >= 4 is 27.7 Å². The van der Waals surface area contributed by atoms with E-state index in [1.807, 2.05) is 6.26 Å². The highest BCUT2D eigenvalue weighted by Gasteiger charge is 2.33. The Morgan fingerprint density at radius 1 is 1.33 bits per heavy atom. The Kier molecular flexibility index (Phi) is 7.09. The summed E-state index contributed by atoms with van der Waals surface area (Å²) in [5.41, 5.74) is 5.72. The van der Waals surface area contributed by atoms with Crippen LogP contribution in [0.15, 0.2) is 35.2 Å². The molecule has 1 aliphatic carbocycles. The Bertz CT molecular complexity index is 633. The van der Waals surface area contributed by atoms with E-state index < -0.39 is 16.1 Å². The lowest BCUT2D eigenvalue weighted by atomic mass is 10.1. The molecule has 0 spiro atoms. The normalized spacial score (nSPS) is 17.2. The van der Waals surface area contributed by atoms with Gasteiger partial charge in [-0.05, 0) is 49.3 Å². The highest BCUT2D eigenvalue weighted by atomic mass is 32.2. The maximum absolute atomic E-state index is 12.6. The minimum Gasteiger partial charge on any atom is -0.350 e. The van der Waals surface area contributed by atoms with Gasteiger partial charge in [0.1, 0.15) is 6.04 Å². The maximum atomic E-state index is 12.6. The zero-order valence-corrected chi connectivity index (χ0v) is 15.4. The van der Waals surface area contributed by atoms with Crippen LogP contribution in [-0.4, -0.2) is 45.0 Å². The number of amides is 1. The fourth-order valence-corrected chi connectivity index (χ4v) is 4.21. The predicted molar refractivity (Wildman–Crippen MR) is 97.3 cm³/mol. The van der Waals surface area contributed by atoms with E-state index in [1.54, 1.807) is 30.0 Å². The van der Waals surface area contributed by atoms with Crippen LogP contribution in [0, 0.1) is 5.92 Å². The van der Waals surface area contributed by atoms with Gasteiger partial charge in [-0.1, -0.05) is 18.2 Å². The molecular formula is C16H25N3O3S2. The summed E-state index contributed by atoms with van der Waals surface area (Å²) in [7, 11) is -3.73. The Balaban J connectivity index is 2.08. The molecule has 8 heteroatoms. The Labute approximate surface area is 148 Å². The second-order valence-corrected chi connectivity index (χ2v) is 8.66. The van der Waals surface area contributed by atoms with Crippen molar-refractivity contribution in [2.75, 3.05) is 18.6 Å². The molecular weight excluding hydrogens is 346 g/mol. The molecule has 0 heterocycles. The van der Waals surface area contributed by atoms with Crippen LogP contribution in [0.4, 0.5) is 0 Å². The molecule has 6 nitrogen and oxygen atoms in total. The van der Waals surface area contributed by atoms with Crippen LogP contribution in [0.1, 0.15) is 19.3 Å². The standard InChI is InChI=1S/C16H25N3O3S2/c1-23-10-9-14(16(20)18-15(11-17)12-7-8-12)19-24(21,22)13-5-3-2-4-6-13/h2-6,12,14-15,19H,7-11,17H2,1H3,(H,18,20). The molecule has 2 unspecified atom stereocenters. The van der Waals surface area contributed by atoms with Crippen LogP contribution < -0.4 is 15.8 Å². The first-order chi connectivity index (χ1) is 11.5. The van der Waals surface area contributed by atoms with Gasteiger partial charge in [0.25, 0.3) is 0 Å². The minimum atomic E-state index is -3.73. The van der Waals surface area contributed by atoms with E-state index in [4.69, 9.17) is 5.73 Å². The number of benzene rings is 1. The molecule has 1 aromatic carbocycles. The predicted octanol–water partition coefficient (Wildman–Crippen LogP) is 0.940. The van der Waals surface area contributed by atoms with E-state index in [-0.39, 0.29) is 16.8 Å². The number of rotatable bonds is 10. The fourth-order valence-electron chi connectivity index (χ4n) is 2.49. The Morgan fingerprint density at radius 3 is 2.54 bits per heavy atom. The maximum Gasteiger partial charge on any atom is 0.241 e. The van der Waals surface area contributed by atoms with Crippen molar-refractivity contribution in [2.45, 2.75) is 36.2 Å². The highest BCUT2D eigenvalue weighted by molar-refractivity contribution is 7.98. The molecule has 0 aromatic heterocycles. The summed E-state index contributed by atoms with van der Waals surface area (Å²) >= 11 is 1.57.